The van der Waals surface area contributed by atoms with Crippen molar-refractivity contribution in [3.8, 4) is 0 Å². The van der Waals surface area contributed by atoms with Crippen LogP contribution in [0.3, 0.4) is 0 Å². The maximum Gasteiger partial charge on any atom is 0.306 e. The third-order valence-electron chi connectivity index (χ3n) is 6.75. The standard InChI is InChI=1S/C22H37NO6Si/c1-6-30(7-2,8-3)29-22-14-16(19-17(15-22)27-21(4,5)28-19)26-18(24)12-10-9-11-13-23-20(22)25/h9,11,16-17,19H,6-8,10,12-15H2,1-5H3,(H,23,25)/b11-9+/t16?,17-,19+,22-/m1/s1. The topological polar surface area (TPSA) is 83.1 Å². The largest absolute Gasteiger partial charge is 0.459 e. The van der Waals surface area contributed by atoms with Gasteiger partial charge in [0.2, 0.25) is 0 Å². The van der Waals surface area contributed by atoms with Crippen LogP contribution in [0.5, 0.6) is 0 Å². The average molecular weight is 440 g/mol. The number of fused-ring (bicyclic) bond motifs is 4. The predicted octanol–water partition coefficient (Wildman–Crippen LogP) is 3.44. The van der Waals surface area contributed by atoms with Crippen LogP contribution >= 0.6 is 0 Å². The first-order chi connectivity index (χ1) is 14.2. The molecule has 1 unspecified atom stereocenters. The van der Waals surface area contributed by atoms with E-state index in [1.54, 1.807) is 0 Å². The maximum atomic E-state index is 13.5. The molecule has 2 bridgehead atoms. The summed E-state index contributed by atoms with van der Waals surface area (Å²) in [6.07, 6.45) is 4.02. The Balaban J connectivity index is 2.02. The fourth-order valence-electron chi connectivity index (χ4n) is 4.93. The Morgan fingerprint density at radius 2 is 1.73 bits per heavy atom. The van der Waals surface area contributed by atoms with Gasteiger partial charge in [-0.3, -0.25) is 9.59 Å². The van der Waals surface area contributed by atoms with E-state index in [-0.39, 0.29) is 18.0 Å². The zero-order valence-electron chi connectivity index (χ0n) is 19.0. The van der Waals surface area contributed by atoms with Crippen LogP contribution in [-0.4, -0.2) is 56.4 Å². The number of amides is 1. The number of ether oxygens (including phenoxy) is 3. The Labute approximate surface area is 181 Å². The van der Waals surface area contributed by atoms with Crippen molar-refractivity contribution in [2.45, 2.75) is 108 Å². The Bertz CT molecular complexity index is 668. The SMILES string of the molecule is CC[Si](CC)(CC)O[C@@]12CC(OC(=O)CC/C=C/CNC1=O)[C@@H]1OC(C)(C)O[C@@H]1C2. The minimum absolute atomic E-state index is 0.146. The van der Waals surface area contributed by atoms with E-state index in [0.717, 1.165) is 18.1 Å². The Morgan fingerprint density at radius 1 is 1.07 bits per heavy atom. The van der Waals surface area contributed by atoms with Gasteiger partial charge in [-0.25, -0.2) is 0 Å². The van der Waals surface area contributed by atoms with Crippen LogP contribution in [0, 0.1) is 0 Å². The lowest BCUT2D eigenvalue weighted by atomic mass is 9.79. The highest BCUT2D eigenvalue weighted by atomic mass is 28.4. The summed E-state index contributed by atoms with van der Waals surface area (Å²) < 4.78 is 25.0. The molecule has 8 heteroatoms. The second-order valence-electron chi connectivity index (χ2n) is 9.14. The highest BCUT2D eigenvalue weighted by molar-refractivity contribution is 6.73. The molecule has 1 saturated heterocycles. The first-order valence-electron chi connectivity index (χ1n) is 11.4. The van der Waals surface area contributed by atoms with Crippen molar-refractivity contribution in [1.82, 2.24) is 5.32 Å². The third kappa shape index (κ3) is 4.82. The van der Waals surface area contributed by atoms with E-state index in [1.807, 2.05) is 26.0 Å². The minimum atomic E-state index is -2.14. The van der Waals surface area contributed by atoms with E-state index in [2.05, 4.69) is 26.1 Å². The zero-order valence-corrected chi connectivity index (χ0v) is 20.0. The van der Waals surface area contributed by atoms with Crippen LogP contribution in [0.2, 0.25) is 18.1 Å². The van der Waals surface area contributed by atoms with Gasteiger partial charge in [0.25, 0.3) is 5.91 Å². The van der Waals surface area contributed by atoms with E-state index >= 15 is 0 Å². The van der Waals surface area contributed by atoms with Crippen molar-refractivity contribution in [3.05, 3.63) is 12.2 Å². The van der Waals surface area contributed by atoms with E-state index in [0.29, 0.717) is 32.2 Å². The maximum absolute atomic E-state index is 13.5. The molecular weight excluding hydrogens is 402 g/mol. The molecule has 7 nitrogen and oxygen atoms in total. The number of hydrogen-bond acceptors (Lipinski definition) is 6. The lowest BCUT2D eigenvalue weighted by Crippen LogP contribution is -2.63. The summed E-state index contributed by atoms with van der Waals surface area (Å²) >= 11 is 0. The lowest BCUT2D eigenvalue weighted by Gasteiger charge is -2.47. The summed E-state index contributed by atoms with van der Waals surface area (Å²) in [5.74, 6) is -1.22. The molecule has 2 aliphatic heterocycles. The number of carbonyl (C=O) groups is 2. The third-order valence-corrected chi connectivity index (χ3v) is 11.4. The van der Waals surface area contributed by atoms with Crippen molar-refractivity contribution < 1.29 is 28.2 Å². The summed E-state index contributed by atoms with van der Waals surface area (Å²) in [6, 6.07) is 2.78. The predicted molar refractivity (Wildman–Crippen MR) is 115 cm³/mol. The fraction of sp³-hybridized carbons (Fsp3) is 0.818. The number of allylic oxidation sites excluding steroid dienone is 1. The minimum Gasteiger partial charge on any atom is -0.459 e. The van der Waals surface area contributed by atoms with Gasteiger partial charge in [0.1, 0.15) is 17.8 Å². The molecule has 0 spiro atoms. The van der Waals surface area contributed by atoms with Crippen molar-refractivity contribution in [2.75, 3.05) is 6.54 Å². The quantitative estimate of drug-likeness (QED) is 0.401. The first kappa shape index (κ1) is 23.4. The smallest absolute Gasteiger partial charge is 0.306 e. The van der Waals surface area contributed by atoms with Gasteiger partial charge in [0, 0.05) is 25.8 Å². The van der Waals surface area contributed by atoms with Gasteiger partial charge < -0.3 is 24.0 Å². The molecule has 3 rings (SSSR count). The molecule has 1 aliphatic carbocycles. The molecule has 4 atom stereocenters. The van der Waals surface area contributed by atoms with Gasteiger partial charge in [0.05, 0.1) is 6.10 Å². The number of carbonyl (C=O) groups excluding carboxylic acids is 2. The lowest BCUT2D eigenvalue weighted by molar-refractivity contribution is -0.178. The Hall–Kier alpha value is -1.22. The highest BCUT2D eigenvalue weighted by Gasteiger charge is 2.60. The summed E-state index contributed by atoms with van der Waals surface area (Å²) in [5, 5.41) is 3.04. The molecule has 1 saturated carbocycles. The molecule has 1 amide bonds. The molecule has 0 aromatic heterocycles. The molecule has 1 N–H and O–H groups in total. The highest BCUT2D eigenvalue weighted by Crippen LogP contribution is 2.46. The van der Waals surface area contributed by atoms with Crippen LogP contribution < -0.4 is 5.32 Å². The van der Waals surface area contributed by atoms with Gasteiger partial charge in [-0.2, -0.15) is 0 Å². The molecule has 2 fully saturated rings. The monoisotopic (exact) mass is 439 g/mol. The van der Waals surface area contributed by atoms with Crippen LogP contribution in [0.4, 0.5) is 0 Å². The van der Waals surface area contributed by atoms with Gasteiger partial charge in [-0.15, -0.1) is 0 Å². The fourth-order valence-corrected chi connectivity index (χ4v) is 7.95. The molecule has 0 aromatic rings. The summed E-state index contributed by atoms with van der Waals surface area (Å²) in [7, 11) is -2.14. The van der Waals surface area contributed by atoms with E-state index in [9.17, 15) is 9.59 Å². The van der Waals surface area contributed by atoms with Gasteiger partial charge >= 0.3 is 5.97 Å². The Morgan fingerprint density at radius 3 is 2.40 bits per heavy atom. The number of esters is 1. The molecule has 3 aliphatic rings. The summed E-state index contributed by atoms with van der Waals surface area (Å²) in [6.45, 7) is 10.6. The molecule has 0 aromatic carbocycles. The van der Waals surface area contributed by atoms with Gasteiger partial charge in [0.15, 0.2) is 14.1 Å². The second kappa shape index (κ2) is 9.10. The van der Waals surface area contributed by atoms with E-state index in [4.69, 9.17) is 18.6 Å². The normalized spacial score (nSPS) is 35.4. The summed E-state index contributed by atoms with van der Waals surface area (Å²) in [5.41, 5.74) is -1.09. The average Bonchev–Trinajstić information content (AvgIpc) is 3.02. The summed E-state index contributed by atoms with van der Waals surface area (Å²) in [4.78, 5) is 26.0. The number of hydrogen-bond donors (Lipinski definition) is 1. The molecule has 0 radical (unpaired) electrons. The van der Waals surface area contributed by atoms with Gasteiger partial charge in [-0.05, 0) is 38.4 Å². The van der Waals surface area contributed by atoms with Gasteiger partial charge in [-0.1, -0.05) is 32.9 Å². The Kier molecular flexibility index (Phi) is 7.11. The molecular formula is C22H37NO6Si. The zero-order chi connectivity index (χ0) is 22.0. The van der Waals surface area contributed by atoms with Crippen molar-refractivity contribution >= 4 is 20.2 Å². The number of nitrogens with one attached hydrogen (secondary N) is 1. The number of rotatable bonds is 5. The van der Waals surface area contributed by atoms with Crippen LogP contribution in [0.25, 0.3) is 0 Å². The second-order valence-corrected chi connectivity index (χ2v) is 13.8. The van der Waals surface area contributed by atoms with Crippen molar-refractivity contribution in [2.24, 2.45) is 0 Å². The van der Waals surface area contributed by atoms with Crippen molar-refractivity contribution in [1.29, 1.82) is 0 Å². The van der Waals surface area contributed by atoms with Crippen molar-refractivity contribution in [3.63, 3.8) is 0 Å². The molecule has 30 heavy (non-hydrogen) atoms. The first-order valence-corrected chi connectivity index (χ1v) is 13.9. The molecule has 170 valence electrons. The van der Waals surface area contributed by atoms with E-state index < -0.39 is 31.9 Å². The van der Waals surface area contributed by atoms with Crippen LogP contribution in [0.15, 0.2) is 12.2 Å². The van der Waals surface area contributed by atoms with E-state index in [1.165, 1.54) is 0 Å². The molecule has 2 heterocycles. The van der Waals surface area contributed by atoms with Crippen LogP contribution in [0.1, 0.15) is 60.3 Å². The van der Waals surface area contributed by atoms with Crippen LogP contribution in [-0.2, 0) is 28.2 Å².